The molecular formula is C13H19NO3S. The summed E-state index contributed by atoms with van der Waals surface area (Å²) in [5, 5.41) is 19.2. The molecule has 1 aliphatic rings. The van der Waals surface area contributed by atoms with Gasteiger partial charge in [-0.3, -0.25) is 4.90 Å². The lowest BCUT2D eigenvalue weighted by molar-refractivity contribution is 0.0147. The van der Waals surface area contributed by atoms with Crippen LogP contribution in [0.3, 0.4) is 0 Å². The molecule has 100 valence electrons. The Hall–Kier alpha value is -0.910. The lowest BCUT2D eigenvalue weighted by Crippen LogP contribution is -2.38. The predicted molar refractivity (Wildman–Crippen MR) is 71.0 cm³/mol. The van der Waals surface area contributed by atoms with Gasteiger partial charge in [-0.05, 0) is 32.0 Å². The van der Waals surface area contributed by atoms with E-state index in [1.54, 1.807) is 6.07 Å². The normalized spacial score (nSPS) is 18.4. The smallest absolute Gasteiger partial charge is 0.345 e. The predicted octanol–water partition coefficient (Wildman–Crippen LogP) is 2.18. The van der Waals surface area contributed by atoms with Gasteiger partial charge in [-0.2, -0.15) is 0 Å². The van der Waals surface area contributed by atoms with E-state index in [2.05, 4.69) is 4.90 Å². The molecule has 0 spiro atoms. The molecule has 1 heterocycles. The number of carboxylic acid groups (broad SMARTS) is 1. The summed E-state index contributed by atoms with van der Waals surface area (Å²) < 4.78 is 0. The van der Waals surface area contributed by atoms with Gasteiger partial charge in [-0.15, -0.1) is 11.3 Å². The van der Waals surface area contributed by atoms with Crippen molar-refractivity contribution in [1.82, 2.24) is 4.90 Å². The Morgan fingerprint density at radius 3 is 2.67 bits per heavy atom. The zero-order valence-corrected chi connectivity index (χ0v) is 11.4. The molecule has 1 aromatic rings. The van der Waals surface area contributed by atoms with Crippen LogP contribution in [0.15, 0.2) is 12.1 Å². The SMILES string of the molecule is CN(Cc1ccc(C(=O)O)s1)CC1(O)CCCC1. The molecule has 0 radical (unpaired) electrons. The molecule has 0 atom stereocenters. The zero-order chi connectivity index (χ0) is 13.2. The van der Waals surface area contributed by atoms with Crippen molar-refractivity contribution in [3.63, 3.8) is 0 Å². The first kappa shape index (κ1) is 13.5. The summed E-state index contributed by atoms with van der Waals surface area (Å²) in [6, 6.07) is 3.49. The molecule has 0 aliphatic heterocycles. The van der Waals surface area contributed by atoms with Crippen LogP contribution in [-0.2, 0) is 6.54 Å². The molecular weight excluding hydrogens is 250 g/mol. The molecule has 1 aromatic heterocycles. The van der Waals surface area contributed by atoms with Crippen molar-refractivity contribution in [2.24, 2.45) is 0 Å². The highest BCUT2D eigenvalue weighted by molar-refractivity contribution is 7.13. The highest BCUT2D eigenvalue weighted by Crippen LogP contribution is 2.30. The van der Waals surface area contributed by atoms with Crippen LogP contribution in [0.4, 0.5) is 0 Å². The Morgan fingerprint density at radius 2 is 2.11 bits per heavy atom. The fourth-order valence-electron chi connectivity index (χ4n) is 2.59. The second kappa shape index (κ2) is 5.38. The molecule has 2 N–H and O–H groups in total. The average molecular weight is 269 g/mol. The summed E-state index contributed by atoms with van der Waals surface area (Å²) in [5.41, 5.74) is -0.540. The minimum atomic E-state index is -0.872. The van der Waals surface area contributed by atoms with E-state index in [1.807, 2.05) is 13.1 Å². The molecule has 2 rings (SSSR count). The lowest BCUT2D eigenvalue weighted by Gasteiger charge is -2.28. The van der Waals surface area contributed by atoms with Crippen molar-refractivity contribution in [2.45, 2.75) is 37.8 Å². The van der Waals surface area contributed by atoms with Gasteiger partial charge in [0.05, 0.1) is 5.60 Å². The monoisotopic (exact) mass is 269 g/mol. The third kappa shape index (κ3) is 3.31. The maximum absolute atomic E-state index is 10.8. The standard InChI is InChI=1S/C13H19NO3S/c1-14(9-13(17)6-2-3-7-13)8-10-4-5-11(18-10)12(15)16/h4-5,17H,2-3,6-9H2,1H3,(H,15,16). The number of nitrogens with zero attached hydrogens (tertiary/aromatic N) is 1. The molecule has 1 aliphatic carbocycles. The van der Waals surface area contributed by atoms with Crippen molar-refractivity contribution >= 4 is 17.3 Å². The number of hydrogen-bond acceptors (Lipinski definition) is 4. The first-order chi connectivity index (χ1) is 8.48. The van der Waals surface area contributed by atoms with Gasteiger partial charge < -0.3 is 10.2 Å². The topological polar surface area (TPSA) is 60.8 Å². The molecule has 1 saturated carbocycles. The Kier molecular flexibility index (Phi) is 4.04. The average Bonchev–Trinajstić information content (AvgIpc) is 2.87. The summed E-state index contributed by atoms with van der Waals surface area (Å²) in [7, 11) is 1.97. The van der Waals surface area contributed by atoms with Crippen LogP contribution in [0.1, 0.15) is 40.2 Å². The highest BCUT2D eigenvalue weighted by atomic mass is 32.1. The van der Waals surface area contributed by atoms with Gasteiger partial charge in [0.15, 0.2) is 0 Å². The molecule has 1 fully saturated rings. The molecule has 0 bridgehead atoms. The van der Waals surface area contributed by atoms with Crippen molar-refractivity contribution in [1.29, 1.82) is 0 Å². The van der Waals surface area contributed by atoms with Crippen molar-refractivity contribution in [3.05, 3.63) is 21.9 Å². The van der Waals surface area contributed by atoms with E-state index in [0.717, 1.165) is 30.6 Å². The van der Waals surface area contributed by atoms with E-state index < -0.39 is 11.6 Å². The van der Waals surface area contributed by atoms with Gasteiger partial charge in [-0.1, -0.05) is 12.8 Å². The quantitative estimate of drug-likeness (QED) is 0.860. The number of carboxylic acids is 1. The van der Waals surface area contributed by atoms with Crippen molar-refractivity contribution < 1.29 is 15.0 Å². The summed E-state index contributed by atoms with van der Waals surface area (Å²) in [4.78, 5) is 14.3. The Labute approximate surface area is 111 Å². The summed E-state index contributed by atoms with van der Waals surface area (Å²) in [6.45, 7) is 1.35. The lowest BCUT2D eigenvalue weighted by atomic mass is 10.0. The summed E-state index contributed by atoms with van der Waals surface area (Å²) in [6.07, 6.45) is 3.96. The van der Waals surface area contributed by atoms with Gasteiger partial charge in [0.2, 0.25) is 0 Å². The van der Waals surface area contributed by atoms with E-state index in [-0.39, 0.29) is 0 Å². The van der Waals surface area contributed by atoms with Crippen LogP contribution < -0.4 is 0 Å². The number of aliphatic hydroxyl groups is 1. The second-order valence-corrected chi connectivity index (χ2v) is 6.34. The first-order valence-electron chi connectivity index (χ1n) is 6.21. The fraction of sp³-hybridized carbons (Fsp3) is 0.615. The molecule has 0 unspecified atom stereocenters. The van der Waals surface area contributed by atoms with Crippen LogP contribution in [-0.4, -0.2) is 40.3 Å². The molecule has 5 heteroatoms. The first-order valence-corrected chi connectivity index (χ1v) is 7.03. The van der Waals surface area contributed by atoms with Gasteiger partial charge >= 0.3 is 5.97 Å². The summed E-state index contributed by atoms with van der Waals surface area (Å²) in [5.74, 6) is -0.872. The summed E-state index contributed by atoms with van der Waals surface area (Å²) >= 11 is 1.30. The zero-order valence-electron chi connectivity index (χ0n) is 10.6. The molecule has 0 saturated heterocycles. The highest BCUT2D eigenvalue weighted by Gasteiger charge is 2.32. The van der Waals surface area contributed by atoms with Gasteiger partial charge in [0.1, 0.15) is 4.88 Å². The number of likely N-dealkylation sites (N-methyl/N-ethyl adjacent to an activating group) is 1. The van der Waals surface area contributed by atoms with Gasteiger partial charge in [0.25, 0.3) is 0 Å². The Balaban J connectivity index is 1.90. The minimum Gasteiger partial charge on any atom is -0.477 e. The molecule has 4 nitrogen and oxygen atoms in total. The van der Waals surface area contributed by atoms with Crippen LogP contribution in [0.2, 0.25) is 0 Å². The van der Waals surface area contributed by atoms with Crippen molar-refractivity contribution in [2.75, 3.05) is 13.6 Å². The van der Waals surface area contributed by atoms with Crippen LogP contribution in [0.25, 0.3) is 0 Å². The number of aromatic carboxylic acids is 1. The van der Waals surface area contributed by atoms with E-state index in [9.17, 15) is 9.90 Å². The van der Waals surface area contributed by atoms with Crippen molar-refractivity contribution in [3.8, 4) is 0 Å². The number of carbonyl (C=O) groups is 1. The molecule has 0 amide bonds. The maximum atomic E-state index is 10.8. The van der Waals surface area contributed by atoms with E-state index in [0.29, 0.717) is 18.0 Å². The fourth-order valence-corrected chi connectivity index (χ4v) is 3.52. The number of rotatable bonds is 5. The Morgan fingerprint density at radius 1 is 1.44 bits per heavy atom. The van der Waals surface area contributed by atoms with Gasteiger partial charge in [0, 0.05) is 18.0 Å². The largest absolute Gasteiger partial charge is 0.477 e. The van der Waals surface area contributed by atoms with Crippen LogP contribution in [0, 0.1) is 0 Å². The van der Waals surface area contributed by atoms with Crippen LogP contribution >= 0.6 is 11.3 Å². The van der Waals surface area contributed by atoms with Crippen LogP contribution in [0.5, 0.6) is 0 Å². The third-order valence-electron chi connectivity index (χ3n) is 3.40. The van der Waals surface area contributed by atoms with Gasteiger partial charge in [-0.25, -0.2) is 4.79 Å². The minimum absolute atomic E-state index is 0.373. The molecule has 18 heavy (non-hydrogen) atoms. The van der Waals surface area contributed by atoms with E-state index in [1.165, 1.54) is 11.3 Å². The number of thiophene rings is 1. The third-order valence-corrected chi connectivity index (χ3v) is 4.45. The second-order valence-electron chi connectivity index (χ2n) is 5.17. The number of hydrogen-bond donors (Lipinski definition) is 2. The van der Waals surface area contributed by atoms with E-state index in [4.69, 9.17) is 5.11 Å². The van der Waals surface area contributed by atoms with E-state index >= 15 is 0 Å². The molecule has 0 aromatic carbocycles. The maximum Gasteiger partial charge on any atom is 0.345 e. The Bertz CT molecular complexity index is 424.